The van der Waals surface area contributed by atoms with Crippen molar-refractivity contribution in [1.29, 1.82) is 0 Å². The molecule has 0 radical (unpaired) electrons. The molecule has 3 rings (SSSR count). The highest BCUT2D eigenvalue weighted by Gasteiger charge is 2.30. The summed E-state index contributed by atoms with van der Waals surface area (Å²) in [6.45, 7) is 7.59. The molecule has 2 fully saturated rings. The Labute approximate surface area is 137 Å². The van der Waals surface area contributed by atoms with Crippen LogP contribution >= 0.6 is 11.6 Å². The van der Waals surface area contributed by atoms with Gasteiger partial charge in [0.25, 0.3) is 5.91 Å². The van der Waals surface area contributed by atoms with E-state index in [1.54, 1.807) is 12.1 Å². The Hall–Kier alpha value is -1.10. The van der Waals surface area contributed by atoms with Gasteiger partial charge in [-0.3, -0.25) is 9.69 Å². The van der Waals surface area contributed by atoms with E-state index in [1.807, 2.05) is 17.0 Å². The second kappa shape index (κ2) is 6.99. The van der Waals surface area contributed by atoms with Gasteiger partial charge < -0.3 is 9.64 Å². The average Bonchev–Trinajstić information content (AvgIpc) is 3.00. The lowest BCUT2D eigenvalue weighted by molar-refractivity contribution is 0.0452. The van der Waals surface area contributed by atoms with Crippen LogP contribution in [0, 0.1) is 5.92 Å². The Morgan fingerprint density at radius 2 is 2.18 bits per heavy atom. The van der Waals surface area contributed by atoms with E-state index in [2.05, 4.69) is 11.8 Å². The average molecular weight is 323 g/mol. The van der Waals surface area contributed by atoms with Gasteiger partial charge in [-0.05, 0) is 31.4 Å². The Morgan fingerprint density at radius 3 is 2.86 bits per heavy atom. The number of halogens is 1. The molecule has 2 saturated heterocycles. The number of carbonyl (C=O) groups is 1. The van der Waals surface area contributed by atoms with Crippen molar-refractivity contribution in [1.82, 2.24) is 9.80 Å². The van der Waals surface area contributed by atoms with Crippen molar-refractivity contribution in [2.45, 2.75) is 19.4 Å². The lowest BCUT2D eigenvalue weighted by Crippen LogP contribution is -2.54. The van der Waals surface area contributed by atoms with Gasteiger partial charge in [0.1, 0.15) is 0 Å². The quantitative estimate of drug-likeness (QED) is 0.857. The zero-order valence-corrected chi connectivity index (χ0v) is 13.8. The molecule has 1 amide bonds. The predicted octanol–water partition coefficient (Wildman–Crippen LogP) is 2.52. The zero-order chi connectivity index (χ0) is 15.5. The summed E-state index contributed by atoms with van der Waals surface area (Å²) in [5.41, 5.74) is 0.605. The largest absolute Gasteiger partial charge is 0.381 e. The van der Waals surface area contributed by atoms with Gasteiger partial charge in [-0.15, -0.1) is 0 Å². The Bertz CT molecular complexity index is 531. The highest BCUT2D eigenvalue weighted by Crippen LogP contribution is 2.21. The van der Waals surface area contributed by atoms with E-state index in [-0.39, 0.29) is 11.9 Å². The van der Waals surface area contributed by atoms with E-state index in [4.69, 9.17) is 16.3 Å². The molecular weight excluding hydrogens is 300 g/mol. The molecule has 5 heteroatoms. The minimum atomic E-state index is 0.0435. The monoisotopic (exact) mass is 322 g/mol. The van der Waals surface area contributed by atoms with Gasteiger partial charge in [0.2, 0.25) is 0 Å². The first-order valence-corrected chi connectivity index (χ1v) is 8.38. The third-order valence-electron chi connectivity index (χ3n) is 4.62. The second-order valence-electron chi connectivity index (χ2n) is 6.32. The summed E-state index contributed by atoms with van der Waals surface area (Å²) in [5, 5.41) is 0.533. The molecule has 0 saturated carbocycles. The van der Waals surface area contributed by atoms with E-state index in [9.17, 15) is 4.79 Å². The standard InChI is InChI=1S/C17H23ClN2O2/c1-13-10-19(11-14-6-9-22-12-14)7-8-20(13)17(21)15-4-2-3-5-16(15)18/h2-5,13-14H,6-12H2,1H3/t13-,14?/m0/s1. The number of carbonyl (C=O) groups excluding carboxylic acids is 1. The maximum atomic E-state index is 12.7. The lowest BCUT2D eigenvalue weighted by Gasteiger charge is -2.40. The molecule has 22 heavy (non-hydrogen) atoms. The summed E-state index contributed by atoms with van der Waals surface area (Å²) < 4.78 is 5.45. The van der Waals surface area contributed by atoms with Crippen molar-refractivity contribution in [2.75, 3.05) is 39.4 Å². The summed E-state index contributed by atoms with van der Waals surface area (Å²) in [7, 11) is 0. The number of hydrogen-bond donors (Lipinski definition) is 0. The van der Waals surface area contributed by atoms with Crippen LogP contribution in [0.1, 0.15) is 23.7 Å². The molecule has 0 N–H and O–H groups in total. The van der Waals surface area contributed by atoms with Crippen LogP contribution in [0.4, 0.5) is 0 Å². The van der Waals surface area contributed by atoms with Gasteiger partial charge in [0.05, 0.1) is 17.2 Å². The summed E-state index contributed by atoms with van der Waals surface area (Å²) in [5.74, 6) is 0.694. The van der Waals surface area contributed by atoms with Gasteiger partial charge in [-0.2, -0.15) is 0 Å². The van der Waals surface area contributed by atoms with Crippen molar-refractivity contribution in [3.8, 4) is 0 Å². The summed E-state index contributed by atoms with van der Waals surface area (Å²) in [6.07, 6.45) is 1.16. The van der Waals surface area contributed by atoms with Crippen LogP contribution in [-0.2, 0) is 4.74 Å². The molecule has 2 heterocycles. The Kier molecular flexibility index (Phi) is 5.01. The van der Waals surface area contributed by atoms with Crippen molar-refractivity contribution in [3.05, 3.63) is 34.9 Å². The highest BCUT2D eigenvalue weighted by atomic mass is 35.5. The minimum absolute atomic E-state index is 0.0435. The van der Waals surface area contributed by atoms with Crippen molar-refractivity contribution >= 4 is 17.5 Å². The van der Waals surface area contributed by atoms with Crippen molar-refractivity contribution in [2.24, 2.45) is 5.92 Å². The fraction of sp³-hybridized carbons (Fsp3) is 0.588. The Morgan fingerprint density at radius 1 is 1.36 bits per heavy atom. The van der Waals surface area contributed by atoms with Crippen LogP contribution in [0.15, 0.2) is 24.3 Å². The van der Waals surface area contributed by atoms with Gasteiger partial charge in [-0.25, -0.2) is 0 Å². The normalized spacial score (nSPS) is 26.4. The molecule has 2 aliphatic rings. The van der Waals surface area contributed by atoms with Gasteiger partial charge >= 0.3 is 0 Å². The van der Waals surface area contributed by atoms with Crippen LogP contribution < -0.4 is 0 Å². The van der Waals surface area contributed by atoms with E-state index >= 15 is 0 Å². The van der Waals surface area contributed by atoms with Crippen molar-refractivity contribution in [3.63, 3.8) is 0 Å². The Balaban J connectivity index is 1.60. The molecule has 0 spiro atoms. The van der Waals surface area contributed by atoms with Gasteiger partial charge in [-0.1, -0.05) is 23.7 Å². The smallest absolute Gasteiger partial charge is 0.255 e. The van der Waals surface area contributed by atoms with E-state index < -0.39 is 0 Å². The molecule has 2 atom stereocenters. The summed E-state index contributed by atoms with van der Waals surface area (Å²) in [4.78, 5) is 17.1. The topological polar surface area (TPSA) is 32.8 Å². The third kappa shape index (κ3) is 3.45. The van der Waals surface area contributed by atoms with E-state index in [1.165, 1.54) is 0 Å². The first-order chi connectivity index (χ1) is 10.6. The number of nitrogens with zero attached hydrogens (tertiary/aromatic N) is 2. The number of ether oxygens (including phenoxy) is 1. The van der Waals surface area contributed by atoms with Crippen LogP contribution in [0.2, 0.25) is 5.02 Å². The van der Waals surface area contributed by atoms with Crippen LogP contribution in [-0.4, -0.2) is 61.1 Å². The molecule has 1 aromatic rings. The lowest BCUT2D eigenvalue weighted by atomic mass is 10.1. The van der Waals surface area contributed by atoms with Crippen molar-refractivity contribution < 1.29 is 9.53 Å². The van der Waals surface area contributed by atoms with Gasteiger partial charge in [0.15, 0.2) is 0 Å². The fourth-order valence-corrected chi connectivity index (χ4v) is 3.60. The molecule has 0 aliphatic carbocycles. The maximum absolute atomic E-state index is 12.7. The van der Waals surface area contributed by atoms with Crippen LogP contribution in [0.25, 0.3) is 0 Å². The SMILES string of the molecule is C[C@H]1CN(CC2CCOC2)CCN1C(=O)c1ccccc1Cl. The minimum Gasteiger partial charge on any atom is -0.381 e. The molecule has 0 bridgehead atoms. The van der Waals surface area contributed by atoms with Crippen LogP contribution in [0.3, 0.4) is 0 Å². The third-order valence-corrected chi connectivity index (χ3v) is 4.95. The first kappa shape index (κ1) is 15.8. The van der Waals surface area contributed by atoms with E-state index in [0.717, 1.165) is 45.8 Å². The molecule has 1 aromatic carbocycles. The first-order valence-electron chi connectivity index (χ1n) is 8.00. The molecule has 1 unspecified atom stereocenters. The second-order valence-corrected chi connectivity index (χ2v) is 6.72. The molecule has 0 aromatic heterocycles. The number of piperazine rings is 1. The van der Waals surface area contributed by atoms with Gasteiger partial charge in [0, 0.05) is 38.8 Å². The van der Waals surface area contributed by atoms with Crippen LogP contribution in [0.5, 0.6) is 0 Å². The number of amides is 1. The predicted molar refractivity (Wildman–Crippen MR) is 87.3 cm³/mol. The number of rotatable bonds is 3. The molecular formula is C17H23ClN2O2. The zero-order valence-electron chi connectivity index (χ0n) is 13.0. The fourth-order valence-electron chi connectivity index (χ4n) is 3.38. The molecule has 4 nitrogen and oxygen atoms in total. The maximum Gasteiger partial charge on any atom is 0.255 e. The number of hydrogen-bond acceptors (Lipinski definition) is 3. The number of benzene rings is 1. The molecule has 120 valence electrons. The summed E-state index contributed by atoms with van der Waals surface area (Å²) in [6, 6.07) is 7.50. The molecule has 2 aliphatic heterocycles. The summed E-state index contributed by atoms with van der Waals surface area (Å²) >= 11 is 6.16. The van der Waals surface area contributed by atoms with E-state index in [0.29, 0.717) is 16.5 Å². The highest BCUT2D eigenvalue weighted by molar-refractivity contribution is 6.33.